The van der Waals surface area contributed by atoms with Crippen LogP contribution in [0.2, 0.25) is 0 Å². The lowest BCUT2D eigenvalue weighted by atomic mass is 10.1. The van der Waals surface area contributed by atoms with E-state index in [2.05, 4.69) is 26.8 Å². The summed E-state index contributed by atoms with van der Waals surface area (Å²) in [5.74, 6) is -0.408. The Morgan fingerprint density at radius 2 is 2.20 bits per heavy atom. The van der Waals surface area contributed by atoms with Gasteiger partial charge in [0.2, 0.25) is 5.91 Å². The summed E-state index contributed by atoms with van der Waals surface area (Å²) in [5, 5.41) is 22.8. The number of nitrogen functional groups attached to an aromatic ring is 1. The third kappa shape index (κ3) is 4.38. The Kier molecular flexibility index (Phi) is 6.87. The van der Waals surface area contributed by atoms with E-state index in [0.717, 1.165) is 5.75 Å². The van der Waals surface area contributed by atoms with E-state index in [1.165, 1.54) is 17.2 Å². The number of amides is 1. The number of imidazole rings is 1. The molecule has 0 aliphatic carbocycles. The molecular formula is C17H23N7O5S. The Labute approximate surface area is 175 Å². The third-order valence-electron chi connectivity index (χ3n) is 4.63. The first-order chi connectivity index (χ1) is 14.3. The number of aromatic nitrogens is 4. The molecule has 3 heterocycles. The number of hydrogen-bond donors (Lipinski definition) is 5. The van der Waals surface area contributed by atoms with Crippen LogP contribution in [-0.4, -0.2) is 77.4 Å². The van der Waals surface area contributed by atoms with Crippen LogP contribution in [-0.2, 0) is 14.3 Å². The molecule has 13 heteroatoms. The van der Waals surface area contributed by atoms with E-state index in [1.54, 1.807) is 17.8 Å². The van der Waals surface area contributed by atoms with Crippen LogP contribution in [0.3, 0.4) is 0 Å². The smallest absolute Gasteiger partial charge is 0.335 e. The number of carbonyl (C=O) groups excluding carboxylic acids is 1. The van der Waals surface area contributed by atoms with Crippen LogP contribution in [0.25, 0.3) is 11.2 Å². The minimum atomic E-state index is -1.49. The highest BCUT2D eigenvalue weighted by Gasteiger charge is 2.49. The van der Waals surface area contributed by atoms with Gasteiger partial charge in [0.25, 0.3) is 0 Å². The summed E-state index contributed by atoms with van der Waals surface area (Å²) in [4.78, 5) is 36.1. The Bertz CT molecular complexity index is 938. The fourth-order valence-electron chi connectivity index (χ4n) is 3.11. The fourth-order valence-corrected chi connectivity index (χ4v) is 3.86. The number of fused-ring (bicyclic) bond motifs is 1. The summed E-state index contributed by atoms with van der Waals surface area (Å²) in [6.07, 6.45) is 0.619. The Morgan fingerprint density at radius 1 is 1.43 bits per heavy atom. The van der Waals surface area contributed by atoms with Crippen LogP contribution in [0, 0.1) is 0 Å². The average Bonchev–Trinajstić information content (AvgIpc) is 3.27. The molecule has 12 nitrogen and oxygen atoms in total. The van der Waals surface area contributed by atoms with Crippen LogP contribution in [0.15, 0.2) is 25.3 Å². The quantitative estimate of drug-likeness (QED) is 0.235. The van der Waals surface area contributed by atoms with Crippen LogP contribution >= 0.6 is 11.8 Å². The number of carboxylic acids is 1. The number of nitrogens with zero attached hydrogens (tertiary/aromatic N) is 4. The number of thioether (sulfide) groups is 1. The number of carbonyl (C=O) groups is 2. The van der Waals surface area contributed by atoms with Crippen molar-refractivity contribution in [2.45, 2.75) is 36.9 Å². The monoisotopic (exact) mass is 437 g/mol. The molecule has 5 atom stereocenters. The maximum absolute atomic E-state index is 12.4. The number of nitrogens with two attached hydrogens (primary N) is 2. The third-order valence-corrected chi connectivity index (χ3v) is 5.63. The van der Waals surface area contributed by atoms with Gasteiger partial charge >= 0.3 is 5.97 Å². The molecule has 162 valence electrons. The summed E-state index contributed by atoms with van der Waals surface area (Å²) in [6.45, 7) is 3.62. The van der Waals surface area contributed by atoms with Gasteiger partial charge in [-0.2, -0.15) is 11.8 Å². The number of aliphatic hydroxyl groups excluding tert-OH is 1. The number of hydrogen-bond acceptors (Lipinski definition) is 10. The van der Waals surface area contributed by atoms with Crippen molar-refractivity contribution >= 4 is 40.6 Å². The van der Waals surface area contributed by atoms with E-state index in [0.29, 0.717) is 12.2 Å². The molecule has 1 aliphatic heterocycles. The second-order valence-electron chi connectivity index (χ2n) is 6.65. The van der Waals surface area contributed by atoms with Gasteiger partial charge in [-0.1, -0.05) is 6.08 Å². The number of carboxylic acid groups (broad SMARTS) is 1. The summed E-state index contributed by atoms with van der Waals surface area (Å²) < 4.78 is 6.89. The fraction of sp³-hybridized carbons (Fsp3) is 0.471. The lowest BCUT2D eigenvalue weighted by Gasteiger charge is -2.22. The predicted octanol–water partition coefficient (Wildman–Crippen LogP) is -1.13. The van der Waals surface area contributed by atoms with E-state index >= 15 is 0 Å². The van der Waals surface area contributed by atoms with Gasteiger partial charge in [0.1, 0.15) is 17.9 Å². The lowest BCUT2D eigenvalue weighted by Crippen LogP contribution is -2.54. The highest BCUT2D eigenvalue weighted by molar-refractivity contribution is 7.99. The molecule has 5 unspecified atom stereocenters. The van der Waals surface area contributed by atoms with Crippen molar-refractivity contribution < 1.29 is 24.5 Å². The zero-order chi connectivity index (χ0) is 21.8. The molecule has 1 aliphatic rings. The number of ether oxygens (including phenoxy) is 1. The van der Waals surface area contributed by atoms with Gasteiger partial charge in [-0.15, -0.1) is 6.58 Å². The standard InChI is InChI=1S/C17H23N7O5S/c1-2-4-30-5-3-8(18)15(26)23-9-11(25)16(29-12(9)17(27)28)24-7-22-10-13(19)20-6-21-14(10)24/h2,6-9,11-12,16,25H,1,3-5,18H2,(H,23,26)(H,27,28)(H2,19,20,21). The molecule has 1 amide bonds. The van der Waals surface area contributed by atoms with Gasteiger partial charge < -0.3 is 31.7 Å². The molecule has 1 fully saturated rings. The minimum Gasteiger partial charge on any atom is -0.479 e. The van der Waals surface area contributed by atoms with Gasteiger partial charge in [0.15, 0.2) is 23.8 Å². The molecule has 1 saturated heterocycles. The summed E-state index contributed by atoms with van der Waals surface area (Å²) >= 11 is 1.57. The number of nitrogens with one attached hydrogen (secondary N) is 1. The van der Waals surface area contributed by atoms with Crippen molar-refractivity contribution in [1.29, 1.82) is 0 Å². The van der Waals surface area contributed by atoms with Crippen LogP contribution < -0.4 is 16.8 Å². The maximum atomic E-state index is 12.4. The summed E-state index contributed by atoms with van der Waals surface area (Å²) in [5.41, 5.74) is 12.2. The van der Waals surface area contributed by atoms with Crippen molar-refractivity contribution in [2.24, 2.45) is 5.73 Å². The first-order valence-corrected chi connectivity index (χ1v) is 10.2. The van der Waals surface area contributed by atoms with Crippen molar-refractivity contribution in [3.8, 4) is 0 Å². The molecule has 2 aromatic rings. The summed E-state index contributed by atoms with van der Waals surface area (Å²) in [6, 6.07) is -2.08. The van der Waals surface area contributed by atoms with Gasteiger partial charge in [-0.25, -0.2) is 19.7 Å². The molecule has 30 heavy (non-hydrogen) atoms. The van der Waals surface area contributed by atoms with E-state index in [9.17, 15) is 19.8 Å². The Balaban J connectivity index is 1.76. The van der Waals surface area contributed by atoms with Gasteiger partial charge in [0.05, 0.1) is 18.4 Å². The molecule has 0 radical (unpaired) electrons. The second-order valence-corrected chi connectivity index (χ2v) is 7.80. The molecular weight excluding hydrogens is 414 g/mol. The van der Waals surface area contributed by atoms with Gasteiger partial charge in [-0.05, 0) is 12.2 Å². The van der Waals surface area contributed by atoms with Crippen LogP contribution in [0.4, 0.5) is 5.82 Å². The van der Waals surface area contributed by atoms with E-state index in [4.69, 9.17) is 16.2 Å². The second kappa shape index (κ2) is 9.38. The van der Waals surface area contributed by atoms with E-state index in [1.807, 2.05) is 0 Å². The Morgan fingerprint density at radius 3 is 2.90 bits per heavy atom. The molecule has 7 N–H and O–H groups in total. The number of aliphatic carboxylic acids is 1. The van der Waals surface area contributed by atoms with Crippen LogP contribution in [0.1, 0.15) is 12.6 Å². The van der Waals surface area contributed by atoms with Crippen molar-refractivity contribution in [2.75, 3.05) is 17.2 Å². The topological polar surface area (TPSA) is 191 Å². The first kappa shape index (κ1) is 22.0. The maximum Gasteiger partial charge on any atom is 0.335 e. The lowest BCUT2D eigenvalue weighted by molar-refractivity contribution is -0.152. The zero-order valence-electron chi connectivity index (χ0n) is 15.9. The van der Waals surface area contributed by atoms with E-state index < -0.39 is 42.4 Å². The number of rotatable bonds is 9. The molecule has 3 rings (SSSR count). The molecule has 0 aromatic carbocycles. The van der Waals surface area contributed by atoms with Crippen molar-refractivity contribution in [3.05, 3.63) is 25.3 Å². The SMILES string of the molecule is C=CCSCCC(N)C(=O)NC1C(C(=O)O)OC(n2cnc3c(N)ncnc32)C1O. The van der Waals surface area contributed by atoms with Gasteiger partial charge in [-0.3, -0.25) is 9.36 Å². The highest BCUT2D eigenvalue weighted by Crippen LogP contribution is 2.32. The number of anilines is 1. The average molecular weight is 437 g/mol. The molecule has 2 aromatic heterocycles. The summed E-state index contributed by atoms with van der Waals surface area (Å²) in [7, 11) is 0. The predicted molar refractivity (Wildman–Crippen MR) is 109 cm³/mol. The normalized spacial score (nSPS) is 24.6. The largest absolute Gasteiger partial charge is 0.479 e. The minimum absolute atomic E-state index is 0.131. The zero-order valence-corrected chi connectivity index (χ0v) is 16.7. The Hall–Kier alpha value is -2.74. The van der Waals surface area contributed by atoms with E-state index in [-0.39, 0.29) is 17.0 Å². The van der Waals surface area contributed by atoms with Gasteiger partial charge in [0, 0.05) is 5.75 Å². The first-order valence-electron chi connectivity index (χ1n) is 9.09. The molecule has 0 spiro atoms. The molecule has 0 bridgehead atoms. The van der Waals surface area contributed by atoms with Crippen molar-refractivity contribution in [3.63, 3.8) is 0 Å². The number of aliphatic hydroxyl groups is 1. The highest BCUT2D eigenvalue weighted by atomic mass is 32.2. The molecule has 0 saturated carbocycles. The van der Waals surface area contributed by atoms with Crippen molar-refractivity contribution in [1.82, 2.24) is 24.8 Å². The van der Waals surface area contributed by atoms with Crippen LogP contribution in [0.5, 0.6) is 0 Å².